The van der Waals surface area contributed by atoms with E-state index in [9.17, 15) is 13.6 Å². The van der Waals surface area contributed by atoms with Gasteiger partial charge in [-0.2, -0.15) is 0 Å². The van der Waals surface area contributed by atoms with Crippen molar-refractivity contribution in [2.45, 2.75) is 0 Å². The molecule has 0 aliphatic rings. The number of benzene rings is 1. The van der Waals surface area contributed by atoms with E-state index in [0.717, 1.165) is 6.07 Å². The van der Waals surface area contributed by atoms with Gasteiger partial charge in [0, 0.05) is 17.2 Å². The van der Waals surface area contributed by atoms with Gasteiger partial charge < -0.3 is 0 Å². The fourth-order valence-corrected chi connectivity index (χ4v) is 2.01. The molecule has 2 rings (SSSR count). The highest BCUT2D eigenvalue weighted by atomic mass is 35.5. The Kier molecular flexibility index (Phi) is 3.59. The first-order valence-electron chi connectivity index (χ1n) is 4.79. The zero-order valence-electron chi connectivity index (χ0n) is 8.75. The topological polar surface area (TPSA) is 30.0 Å². The molecule has 2 nitrogen and oxygen atoms in total. The van der Waals surface area contributed by atoms with Crippen molar-refractivity contribution in [1.82, 2.24) is 4.98 Å². The number of aldehydes is 1. The minimum atomic E-state index is -0.809. The van der Waals surface area contributed by atoms with Crippen molar-refractivity contribution in [2.75, 3.05) is 0 Å². The molecule has 1 heterocycles. The summed E-state index contributed by atoms with van der Waals surface area (Å²) in [6, 6.07) is 4.30. The zero-order valence-corrected chi connectivity index (χ0v) is 10.3. The maximum Gasteiger partial charge on any atom is 0.153 e. The van der Waals surface area contributed by atoms with Crippen molar-refractivity contribution in [3.05, 3.63) is 51.8 Å². The Bertz CT molecular complexity index is 632. The average Bonchev–Trinajstić information content (AvgIpc) is 2.28. The molecule has 0 aliphatic carbocycles. The SMILES string of the molecule is O=Cc1c(-c2ccc(F)cc2F)cc(Cl)nc1Cl. The summed E-state index contributed by atoms with van der Waals surface area (Å²) < 4.78 is 26.5. The molecule has 0 fully saturated rings. The molecule has 0 atom stereocenters. The number of rotatable bonds is 2. The Morgan fingerprint density at radius 3 is 2.44 bits per heavy atom. The first kappa shape index (κ1) is 12.9. The molecule has 0 saturated carbocycles. The summed E-state index contributed by atoms with van der Waals surface area (Å²) in [5.41, 5.74) is 0.212. The van der Waals surface area contributed by atoms with Crippen molar-refractivity contribution >= 4 is 29.5 Å². The first-order valence-corrected chi connectivity index (χ1v) is 5.55. The lowest BCUT2D eigenvalue weighted by molar-refractivity contribution is 0.112. The smallest absolute Gasteiger partial charge is 0.153 e. The van der Waals surface area contributed by atoms with Crippen molar-refractivity contribution in [3.63, 3.8) is 0 Å². The molecule has 6 heteroatoms. The first-order chi connectivity index (χ1) is 8.52. The van der Waals surface area contributed by atoms with E-state index in [1.54, 1.807) is 0 Å². The fraction of sp³-hybridized carbons (Fsp3) is 0. The van der Waals surface area contributed by atoms with Crippen LogP contribution in [0.4, 0.5) is 8.78 Å². The van der Waals surface area contributed by atoms with E-state index in [1.807, 2.05) is 0 Å². The Balaban J connectivity index is 2.73. The van der Waals surface area contributed by atoms with Gasteiger partial charge in [-0.15, -0.1) is 0 Å². The predicted octanol–water partition coefficient (Wildman–Crippen LogP) is 4.15. The third kappa shape index (κ3) is 2.35. The zero-order chi connectivity index (χ0) is 13.3. The highest BCUT2D eigenvalue weighted by Crippen LogP contribution is 2.31. The maximum atomic E-state index is 13.7. The van der Waals surface area contributed by atoms with Crippen LogP contribution < -0.4 is 0 Å². The van der Waals surface area contributed by atoms with E-state index in [-0.39, 0.29) is 27.0 Å². The second kappa shape index (κ2) is 5.00. The summed E-state index contributed by atoms with van der Waals surface area (Å²) in [5, 5.41) is -0.111. The molecule has 0 N–H and O–H groups in total. The molecule has 92 valence electrons. The summed E-state index contributed by atoms with van der Waals surface area (Å²) in [5.74, 6) is -1.52. The minimum absolute atomic E-state index is 0.00609. The van der Waals surface area contributed by atoms with Crippen LogP contribution in [0.2, 0.25) is 10.3 Å². The number of aromatic nitrogens is 1. The molecule has 0 radical (unpaired) electrons. The summed E-state index contributed by atoms with van der Waals surface area (Å²) in [7, 11) is 0. The van der Waals surface area contributed by atoms with E-state index in [4.69, 9.17) is 23.2 Å². The highest BCUT2D eigenvalue weighted by Gasteiger charge is 2.15. The standard InChI is InChI=1S/C12H5Cl2F2NO/c13-11-4-8(9(5-18)12(14)17-11)7-2-1-6(15)3-10(7)16/h1-5H. The van der Waals surface area contributed by atoms with Crippen molar-refractivity contribution in [2.24, 2.45) is 0 Å². The third-order valence-corrected chi connectivity index (χ3v) is 2.80. The molecule has 1 aromatic heterocycles. The second-order valence-electron chi connectivity index (χ2n) is 3.44. The summed E-state index contributed by atoms with van der Waals surface area (Å²) >= 11 is 11.4. The normalized spacial score (nSPS) is 10.4. The largest absolute Gasteiger partial charge is 0.298 e. The van der Waals surface area contributed by atoms with Gasteiger partial charge >= 0.3 is 0 Å². The Labute approximate surface area is 111 Å². The minimum Gasteiger partial charge on any atom is -0.298 e. The molecule has 2 aromatic rings. The predicted molar refractivity (Wildman–Crippen MR) is 65.0 cm³/mol. The quantitative estimate of drug-likeness (QED) is 0.614. The molecular formula is C12H5Cl2F2NO. The van der Waals surface area contributed by atoms with E-state index >= 15 is 0 Å². The molecule has 0 amide bonds. The van der Waals surface area contributed by atoms with Crippen molar-refractivity contribution in [3.8, 4) is 11.1 Å². The lowest BCUT2D eigenvalue weighted by atomic mass is 10.0. The number of nitrogens with zero attached hydrogens (tertiary/aromatic N) is 1. The van der Waals surface area contributed by atoms with Gasteiger partial charge in [0.05, 0.1) is 5.56 Å². The van der Waals surface area contributed by atoms with Crippen LogP contribution in [0, 0.1) is 11.6 Å². The highest BCUT2D eigenvalue weighted by molar-refractivity contribution is 6.34. The lowest BCUT2D eigenvalue weighted by Crippen LogP contribution is -1.95. The molecule has 0 bridgehead atoms. The van der Waals surface area contributed by atoms with Gasteiger partial charge in [0.25, 0.3) is 0 Å². The molecule has 1 aromatic carbocycles. The molecule has 0 unspecified atom stereocenters. The molecular weight excluding hydrogens is 283 g/mol. The maximum absolute atomic E-state index is 13.7. The number of hydrogen-bond donors (Lipinski definition) is 0. The number of hydrogen-bond acceptors (Lipinski definition) is 2. The van der Waals surface area contributed by atoms with Gasteiger partial charge in [0.15, 0.2) is 6.29 Å². The number of carbonyl (C=O) groups excluding carboxylic acids is 1. The fourth-order valence-electron chi connectivity index (χ4n) is 1.54. The summed E-state index contributed by atoms with van der Waals surface area (Å²) in [6.07, 6.45) is 0.448. The summed E-state index contributed by atoms with van der Waals surface area (Å²) in [4.78, 5) is 14.6. The van der Waals surface area contributed by atoms with Gasteiger partial charge in [-0.05, 0) is 18.2 Å². The second-order valence-corrected chi connectivity index (χ2v) is 4.18. The van der Waals surface area contributed by atoms with Crippen LogP contribution >= 0.6 is 23.2 Å². The van der Waals surface area contributed by atoms with E-state index in [1.165, 1.54) is 12.1 Å². The molecule has 0 saturated heterocycles. The van der Waals surface area contributed by atoms with E-state index in [2.05, 4.69) is 4.98 Å². The van der Waals surface area contributed by atoms with Crippen molar-refractivity contribution in [1.29, 1.82) is 0 Å². The van der Waals surface area contributed by atoms with Crippen molar-refractivity contribution < 1.29 is 13.6 Å². The lowest BCUT2D eigenvalue weighted by Gasteiger charge is -2.08. The van der Waals surface area contributed by atoms with Crippen LogP contribution in [0.15, 0.2) is 24.3 Å². The average molecular weight is 288 g/mol. The van der Waals surface area contributed by atoms with Crippen LogP contribution in [-0.4, -0.2) is 11.3 Å². The molecule has 18 heavy (non-hydrogen) atoms. The van der Waals surface area contributed by atoms with Gasteiger partial charge in [-0.25, -0.2) is 13.8 Å². The van der Waals surface area contributed by atoms with Gasteiger partial charge in [-0.3, -0.25) is 4.79 Å². The number of pyridine rings is 1. The number of carbonyl (C=O) groups is 1. The van der Waals surface area contributed by atoms with Crippen LogP contribution in [0.25, 0.3) is 11.1 Å². The monoisotopic (exact) mass is 287 g/mol. The van der Waals surface area contributed by atoms with Gasteiger partial charge in [-0.1, -0.05) is 23.2 Å². The van der Waals surface area contributed by atoms with Crippen LogP contribution in [0.3, 0.4) is 0 Å². The van der Waals surface area contributed by atoms with Crippen LogP contribution in [0.1, 0.15) is 10.4 Å². The van der Waals surface area contributed by atoms with Gasteiger partial charge in [0.2, 0.25) is 0 Å². The molecule has 0 aliphatic heterocycles. The summed E-state index contributed by atoms with van der Waals surface area (Å²) in [6.45, 7) is 0. The number of halogens is 4. The van der Waals surface area contributed by atoms with Crippen LogP contribution in [-0.2, 0) is 0 Å². The Hall–Kier alpha value is -1.52. The Morgan fingerprint density at radius 1 is 1.11 bits per heavy atom. The third-order valence-electron chi connectivity index (χ3n) is 2.32. The van der Waals surface area contributed by atoms with E-state index < -0.39 is 11.6 Å². The van der Waals surface area contributed by atoms with E-state index in [0.29, 0.717) is 12.4 Å². The van der Waals surface area contributed by atoms with Crippen LogP contribution in [0.5, 0.6) is 0 Å². The molecule has 0 spiro atoms. The van der Waals surface area contributed by atoms with Gasteiger partial charge in [0.1, 0.15) is 21.9 Å². The Morgan fingerprint density at radius 2 is 1.83 bits per heavy atom.